The molecule has 2 nitrogen and oxygen atoms in total. The molecular weight excluding hydrogens is 198 g/mol. The molecule has 0 saturated carbocycles. The maximum absolute atomic E-state index is 9.38. The highest BCUT2D eigenvalue weighted by Crippen LogP contribution is 2.22. The van der Waals surface area contributed by atoms with Crippen LogP contribution in [0.2, 0.25) is 0 Å². The molecule has 0 spiro atoms. The first kappa shape index (κ1) is 11.1. The number of likely N-dealkylation sites (N-methyl/N-ethyl adjacent to an activating group) is 1. The van der Waals surface area contributed by atoms with E-state index in [2.05, 4.69) is 30.3 Å². The summed E-state index contributed by atoms with van der Waals surface area (Å²) >= 11 is 0. The monoisotopic (exact) mass is 215 g/mol. The van der Waals surface area contributed by atoms with Crippen molar-refractivity contribution >= 4 is 10.8 Å². The number of rotatable bonds is 3. The van der Waals surface area contributed by atoms with Crippen LogP contribution in [0.4, 0.5) is 0 Å². The highest BCUT2D eigenvalue weighted by molar-refractivity contribution is 5.83. The highest BCUT2D eigenvalue weighted by Gasteiger charge is 2.12. The van der Waals surface area contributed by atoms with Crippen LogP contribution in [0.25, 0.3) is 10.8 Å². The van der Waals surface area contributed by atoms with Gasteiger partial charge in [0.15, 0.2) is 0 Å². The molecule has 0 amide bonds. The Morgan fingerprint density at radius 2 is 1.75 bits per heavy atom. The van der Waals surface area contributed by atoms with Gasteiger partial charge in [0.1, 0.15) is 0 Å². The Hall–Kier alpha value is -1.38. The van der Waals surface area contributed by atoms with Crippen molar-refractivity contribution in [3.63, 3.8) is 0 Å². The fraction of sp³-hybridized carbons (Fsp3) is 0.286. The van der Waals surface area contributed by atoms with E-state index in [-0.39, 0.29) is 12.6 Å². The molecule has 0 fully saturated rings. The van der Waals surface area contributed by atoms with Crippen LogP contribution in [0.1, 0.15) is 11.6 Å². The third-order valence-electron chi connectivity index (χ3n) is 2.95. The number of hydrogen-bond acceptors (Lipinski definition) is 2. The minimum atomic E-state index is 0.0737. The van der Waals surface area contributed by atoms with Gasteiger partial charge in [-0.3, -0.25) is 0 Å². The summed E-state index contributed by atoms with van der Waals surface area (Å²) in [7, 11) is 3.96. The van der Waals surface area contributed by atoms with Crippen molar-refractivity contribution in [3.05, 3.63) is 48.0 Å². The van der Waals surface area contributed by atoms with Crippen molar-refractivity contribution in [2.45, 2.75) is 6.04 Å². The minimum Gasteiger partial charge on any atom is -0.394 e. The summed E-state index contributed by atoms with van der Waals surface area (Å²) in [6, 6.07) is 14.7. The summed E-state index contributed by atoms with van der Waals surface area (Å²) in [5.41, 5.74) is 1.16. The summed E-state index contributed by atoms with van der Waals surface area (Å²) in [6.07, 6.45) is 0. The first-order chi connectivity index (χ1) is 7.72. The van der Waals surface area contributed by atoms with Crippen LogP contribution in [0, 0.1) is 0 Å². The zero-order chi connectivity index (χ0) is 11.5. The molecule has 1 atom stereocenters. The summed E-state index contributed by atoms with van der Waals surface area (Å²) < 4.78 is 0. The van der Waals surface area contributed by atoms with Crippen LogP contribution in [0.5, 0.6) is 0 Å². The average molecular weight is 215 g/mol. The molecule has 2 rings (SSSR count). The van der Waals surface area contributed by atoms with E-state index in [0.29, 0.717) is 0 Å². The summed E-state index contributed by atoms with van der Waals surface area (Å²) in [5, 5.41) is 11.8. The molecule has 0 heterocycles. The Morgan fingerprint density at radius 3 is 2.38 bits per heavy atom. The number of aliphatic hydroxyl groups is 1. The van der Waals surface area contributed by atoms with Crippen LogP contribution in [-0.4, -0.2) is 30.7 Å². The lowest BCUT2D eigenvalue weighted by Crippen LogP contribution is -2.22. The van der Waals surface area contributed by atoms with Gasteiger partial charge in [-0.15, -0.1) is 0 Å². The molecule has 0 aromatic heterocycles. The van der Waals surface area contributed by atoms with Gasteiger partial charge < -0.3 is 10.0 Å². The molecule has 0 aliphatic heterocycles. The quantitative estimate of drug-likeness (QED) is 0.850. The van der Waals surface area contributed by atoms with E-state index in [1.165, 1.54) is 10.8 Å². The molecule has 0 saturated heterocycles. The van der Waals surface area contributed by atoms with Crippen molar-refractivity contribution in [3.8, 4) is 0 Å². The van der Waals surface area contributed by atoms with E-state index in [4.69, 9.17) is 0 Å². The number of nitrogens with zero attached hydrogens (tertiary/aromatic N) is 1. The van der Waals surface area contributed by atoms with E-state index < -0.39 is 0 Å². The van der Waals surface area contributed by atoms with Gasteiger partial charge >= 0.3 is 0 Å². The number of fused-ring (bicyclic) bond motifs is 1. The van der Waals surface area contributed by atoms with Crippen LogP contribution in [0.3, 0.4) is 0 Å². The van der Waals surface area contributed by atoms with E-state index >= 15 is 0 Å². The third kappa shape index (κ3) is 2.08. The van der Waals surface area contributed by atoms with E-state index in [1.54, 1.807) is 0 Å². The summed E-state index contributed by atoms with van der Waals surface area (Å²) in [6.45, 7) is 0.144. The van der Waals surface area contributed by atoms with Gasteiger partial charge in [-0.25, -0.2) is 0 Å². The van der Waals surface area contributed by atoms with E-state index in [9.17, 15) is 5.11 Å². The predicted molar refractivity (Wildman–Crippen MR) is 67.5 cm³/mol. The molecule has 1 unspecified atom stereocenters. The largest absolute Gasteiger partial charge is 0.394 e. The molecule has 2 aromatic rings. The number of aliphatic hydroxyl groups excluding tert-OH is 1. The van der Waals surface area contributed by atoms with Crippen molar-refractivity contribution < 1.29 is 5.11 Å². The Bertz CT molecular complexity index is 479. The lowest BCUT2D eigenvalue weighted by Gasteiger charge is -2.22. The normalized spacial score (nSPS) is 13.2. The van der Waals surface area contributed by atoms with Gasteiger partial charge in [0.05, 0.1) is 12.6 Å². The topological polar surface area (TPSA) is 23.5 Å². The average Bonchev–Trinajstić information content (AvgIpc) is 2.29. The SMILES string of the molecule is CN(C)C(CO)c1ccc2ccccc2c1. The maximum atomic E-state index is 9.38. The van der Waals surface area contributed by atoms with Gasteiger partial charge in [-0.1, -0.05) is 36.4 Å². The third-order valence-corrected chi connectivity index (χ3v) is 2.95. The van der Waals surface area contributed by atoms with Crippen molar-refractivity contribution in [2.24, 2.45) is 0 Å². The van der Waals surface area contributed by atoms with Crippen LogP contribution < -0.4 is 0 Å². The summed E-state index contributed by atoms with van der Waals surface area (Å²) in [4.78, 5) is 2.03. The minimum absolute atomic E-state index is 0.0737. The van der Waals surface area contributed by atoms with Crippen molar-refractivity contribution in [1.82, 2.24) is 4.90 Å². The van der Waals surface area contributed by atoms with Crippen molar-refractivity contribution in [2.75, 3.05) is 20.7 Å². The number of hydrogen-bond donors (Lipinski definition) is 1. The van der Waals surface area contributed by atoms with Gasteiger partial charge in [-0.2, -0.15) is 0 Å². The number of benzene rings is 2. The van der Waals surface area contributed by atoms with Gasteiger partial charge in [0.25, 0.3) is 0 Å². The van der Waals surface area contributed by atoms with Crippen LogP contribution in [0.15, 0.2) is 42.5 Å². The van der Waals surface area contributed by atoms with E-state index in [1.807, 2.05) is 31.1 Å². The van der Waals surface area contributed by atoms with Gasteiger partial charge in [-0.05, 0) is 36.5 Å². The molecule has 0 bridgehead atoms. The maximum Gasteiger partial charge on any atom is 0.0628 e. The second-order valence-electron chi connectivity index (χ2n) is 4.27. The predicted octanol–water partition coefficient (Wildman–Crippen LogP) is 2.43. The van der Waals surface area contributed by atoms with Gasteiger partial charge in [0, 0.05) is 0 Å². The molecule has 2 heteroatoms. The fourth-order valence-electron chi connectivity index (χ4n) is 1.98. The van der Waals surface area contributed by atoms with Crippen molar-refractivity contribution in [1.29, 1.82) is 0 Å². The van der Waals surface area contributed by atoms with Gasteiger partial charge in [0.2, 0.25) is 0 Å². The molecule has 0 radical (unpaired) electrons. The summed E-state index contributed by atoms with van der Waals surface area (Å²) in [5.74, 6) is 0. The molecule has 1 N–H and O–H groups in total. The molecule has 16 heavy (non-hydrogen) atoms. The standard InChI is InChI=1S/C14H17NO/c1-15(2)14(10-16)13-8-7-11-5-3-4-6-12(11)9-13/h3-9,14,16H,10H2,1-2H3. The Balaban J connectivity index is 2.45. The lowest BCUT2D eigenvalue weighted by atomic mass is 10.0. The lowest BCUT2D eigenvalue weighted by molar-refractivity contribution is 0.171. The fourth-order valence-corrected chi connectivity index (χ4v) is 1.98. The molecule has 0 aliphatic rings. The zero-order valence-corrected chi connectivity index (χ0v) is 9.72. The molecule has 84 valence electrons. The Morgan fingerprint density at radius 1 is 1.06 bits per heavy atom. The first-order valence-corrected chi connectivity index (χ1v) is 5.48. The Labute approximate surface area is 96.1 Å². The highest BCUT2D eigenvalue weighted by atomic mass is 16.3. The van der Waals surface area contributed by atoms with Crippen LogP contribution in [-0.2, 0) is 0 Å². The smallest absolute Gasteiger partial charge is 0.0628 e. The first-order valence-electron chi connectivity index (χ1n) is 5.48. The molecule has 0 aliphatic carbocycles. The van der Waals surface area contributed by atoms with Crippen LogP contribution >= 0.6 is 0 Å². The van der Waals surface area contributed by atoms with E-state index in [0.717, 1.165) is 5.56 Å². The zero-order valence-electron chi connectivity index (χ0n) is 9.72. The second-order valence-corrected chi connectivity index (χ2v) is 4.27. The molecule has 2 aromatic carbocycles. The molecular formula is C14H17NO. The second kappa shape index (κ2) is 4.64. The Kier molecular flexibility index (Phi) is 3.22.